The fraction of sp³-hybridized carbons (Fsp3) is 0.538. The second-order valence-electron chi connectivity index (χ2n) is 4.75. The van der Waals surface area contributed by atoms with Gasteiger partial charge < -0.3 is 10.6 Å². The van der Waals surface area contributed by atoms with Crippen molar-refractivity contribution in [2.75, 3.05) is 24.2 Å². The molecule has 1 unspecified atom stereocenters. The normalized spacial score (nSPS) is 19.1. The average molecular weight is 277 g/mol. The number of imide groups is 1. The molecule has 1 saturated heterocycles. The molecule has 7 nitrogen and oxygen atoms in total. The number of likely N-dealkylation sites (N-methyl/N-ethyl adjacent to an activating group) is 1. The summed E-state index contributed by atoms with van der Waals surface area (Å²) >= 11 is 0. The monoisotopic (exact) mass is 277 g/mol. The van der Waals surface area contributed by atoms with Crippen molar-refractivity contribution in [1.29, 1.82) is 0 Å². The Morgan fingerprint density at radius 3 is 2.75 bits per heavy atom. The van der Waals surface area contributed by atoms with Crippen LogP contribution in [0.25, 0.3) is 0 Å². The zero-order valence-corrected chi connectivity index (χ0v) is 11.9. The van der Waals surface area contributed by atoms with Gasteiger partial charge in [0.05, 0.1) is 0 Å². The molecular weight excluding hydrogens is 258 g/mol. The summed E-state index contributed by atoms with van der Waals surface area (Å²) in [5.74, 6) is 1.01. The Kier molecular flexibility index (Phi) is 4.16. The molecule has 1 fully saturated rings. The number of likely N-dealkylation sites (tertiary alicyclic amines) is 1. The summed E-state index contributed by atoms with van der Waals surface area (Å²) in [5.41, 5.74) is 0.863. The van der Waals surface area contributed by atoms with Crippen molar-refractivity contribution in [2.24, 2.45) is 0 Å². The highest BCUT2D eigenvalue weighted by Gasteiger charge is 2.32. The number of rotatable bonds is 4. The molecule has 20 heavy (non-hydrogen) atoms. The standard InChI is InChI=1S/C13H19N5O2/c1-4-14-11-8(2)12(16-7-15-11)17-9-5-6-10(19)18(3)13(9)20/h7,9H,4-6H2,1-3H3,(H2,14,15,16,17). The molecule has 1 aromatic heterocycles. The summed E-state index contributed by atoms with van der Waals surface area (Å²) in [6.07, 6.45) is 2.31. The molecule has 108 valence electrons. The molecule has 0 bridgehead atoms. The number of nitrogens with one attached hydrogen (secondary N) is 2. The number of carbonyl (C=O) groups is 2. The number of amides is 2. The van der Waals surface area contributed by atoms with E-state index in [1.54, 1.807) is 0 Å². The SMILES string of the molecule is CCNc1ncnc(NC2CCC(=O)N(C)C2=O)c1C. The van der Waals surface area contributed by atoms with Crippen LogP contribution in [0, 0.1) is 6.92 Å². The maximum Gasteiger partial charge on any atom is 0.251 e. The Morgan fingerprint density at radius 1 is 1.35 bits per heavy atom. The van der Waals surface area contributed by atoms with Crippen LogP contribution in [0.3, 0.4) is 0 Å². The lowest BCUT2D eigenvalue weighted by molar-refractivity contribution is -0.146. The zero-order chi connectivity index (χ0) is 14.7. The maximum atomic E-state index is 12.0. The van der Waals surface area contributed by atoms with E-state index in [1.807, 2.05) is 13.8 Å². The van der Waals surface area contributed by atoms with Crippen LogP contribution in [0.2, 0.25) is 0 Å². The average Bonchev–Trinajstić information content (AvgIpc) is 2.44. The molecule has 2 heterocycles. The highest BCUT2D eigenvalue weighted by molar-refractivity contribution is 6.01. The third-order valence-corrected chi connectivity index (χ3v) is 3.39. The number of aromatic nitrogens is 2. The molecule has 1 aliphatic rings. The molecule has 0 aliphatic carbocycles. The summed E-state index contributed by atoms with van der Waals surface area (Å²) in [4.78, 5) is 33.0. The van der Waals surface area contributed by atoms with Gasteiger partial charge in [-0.1, -0.05) is 0 Å². The molecule has 2 rings (SSSR count). The third kappa shape index (κ3) is 2.71. The van der Waals surface area contributed by atoms with Crippen molar-refractivity contribution in [3.63, 3.8) is 0 Å². The van der Waals surface area contributed by atoms with E-state index in [1.165, 1.54) is 18.3 Å². The molecule has 0 radical (unpaired) electrons. The Labute approximate surface area is 117 Å². The van der Waals surface area contributed by atoms with E-state index in [2.05, 4.69) is 20.6 Å². The van der Waals surface area contributed by atoms with Crippen LogP contribution in [0.4, 0.5) is 11.6 Å². The smallest absolute Gasteiger partial charge is 0.251 e. The third-order valence-electron chi connectivity index (χ3n) is 3.39. The van der Waals surface area contributed by atoms with Crippen molar-refractivity contribution in [3.05, 3.63) is 11.9 Å². The topological polar surface area (TPSA) is 87.2 Å². The summed E-state index contributed by atoms with van der Waals surface area (Å²) in [6, 6.07) is -0.416. The second-order valence-corrected chi connectivity index (χ2v) is 4.75. The molecule has 2 amide bonds. The highest BCUT2D eigenvalue weighted by atomic mass is 16.2. The number of hydrogen-bond donors (Lipinski definition) is 2. The first kappa shape index (κ1) is 14.2. The van der Waals surface area contributed by atoms with E-state index in [-0.39, 0.29) is 11.8 Å². The van der Waals surface area contributed by atoms with Crippen molar-refractivity contribution >= 4 is 23.5 Å². The predicted octanol–water partition coefficient (Wildman–Crippen LogP) is 0.776. The summed E-state index contributed by atoms with van der Waals surface area (Å²) < 4.78 is 0. The van der Waals surface area contributed by atoms with Gasteiger partial charge in [0.25, 0.3) is 5.91 Å². The van der Waals surface area contributed by atoms with Gasteiger partial charge in [0, 0.05) is 25.6 Å². The minimum atomic E-state index is -0.416. The number of nitrogens with zero attached hydrogens (tertiary/aromatic N) is 3. The van der Waals surface area contributed by atoms with Crippen LogP contribution in [0.5, 0.6) is 0 Å². The maximum absolute atomic E-state index is 12.0. The lowest BCUT2D eigenvalue weighted by Gasteiger charge is -2.29. The Bertz CT molecular complexity index is 531. The fourth-order valence-electron chi connectivity index (χ4n) is 2.16. The fourth-order valence-corrected chi connectivity index (χ4v) is 2.16. The van der Waals surface area contributed by atoms with Gasteiger partial charge in [0.1, 0.15) is 24.0 Å². The van der Waals surface area contributed by atoms with Crippen LogP contribution >= 0.6 is 0 Å². The highest BCUT2D eigenvalue weighted by Crippen LogP contribution is 2.21. The largest absolute Gasteiger partial charge is 0.370 e. The Morgan fingerprint density at radius 2 is 2.05 bits per heavy atom. The molecule has 1 aliphatic heterocycles. The quantitative estimate of drug-likeness (QED) is 0.791. The summed E-state index contributed by atoms with van der Waals surface area (Å²) in [6.45, 7) is 4.64. The van der Waals surface area contributed by atoms with E-state index in [0.717, 1.165) is 17.9 Å². The Balaban J connectivity index is 2.16. The molecule has 2 N–H and O–H groups in total. The van der Waals surface area contributed by atoms with Crippen molar-refractivity contribution in [1.82, 2.24) is 14.9 Å². The van der Waals surface area contributed by atoms with Gasteiger partial charge in [0.2, 0.25) is 5.91 Å². The lowest BCUT2D eigenvalue weighted by Crippen LogP contribution is -2.48. The first-order chi connectivity index (χ1) is 9.54. The van der Waals surface area contributed by atoms with E-state index >= 15 is 0 Å². The number of anilines is 2. The first-order valence-corrected chi connectivity index (χ1v) is 6.67. The zero-order valence-electron chi connectivity index (χ0n) is 11.9. The van der Waals surface area contributed by atoms with Crippen LogP contribution in [-0.4, -0.2) is 46.3 Å². The number of piperidine rings is 1. The van der Waals surface area contributed by atoms with Crippen molar-refractivity contribution < 1.29 is 9.59 Å². The van der Waals surface area contributed by atoms with Gasteiger partial charge in [-0.15, -0.1) is 0 Å². The van der Waals surface area contributed by atoms with Crippen LogP contribution < -0.4 is 10.6 Å². The van der Waals surface area contributed by atoms with Crippen LogP contribution in [-0.2, 0) is 9.59 Å². The minimum Gasteiger partial charge on any atom is -0.370 e. The van der Waals surface area contributed by atoms with Gasteiger partial charge >= 0.3 is 0 Å². The summed E-state index contributed by atoms with van der Waals surface area (Å²) in [7, 11) is 1.51. The van der Waals surface area contributed by atoms with Gasteiger partial charge in [-0.2, -0.15) is 0 Å². The van der Waals surface area contributed by atoms with Crippen molar-refractivity contribution in [2.45, 2.75) is 32.7 Å². The number of carbonyl (C=O) groups excluding carboxylic acids is 2. The molecule has 1 aromatic rings. The predicted molar refractivity (Wildman–Crippen MR) is 75.4 cm³/mol. The van der Waals surface area contributed by atoms with E-state index < -0.39 is 6.04 Å². The minimum absolute atomic E-state index is 0.138. The van der Waals surface area contributed by atoms with E-state index in [0.29, 0.717) is 18.7 Å². The summed E-state index contributed by atoms with van der Waals surface area (Å²) in [5, 5.41) is 6.25. The molecular formula is C13H19N5O2. The molecule has 0 aromatic carbocycles. The molecule has 0 spiro atoms. The number of hydrogen-bond acceptors (Lipinski definition) is 6. The molecule has 0 saturated carbocycles. The second kappa shape index (κ2) is 5.85. The van der Waals surface area contributed by atoms with Gasteiger partial charge in [-0.3, -0.25) is 14.5 Å². The van der Waals surface area contributed by atoms with E-state index in [4.69, 9.17) is 0 Å². The van der Waals surface area contributed by atoms with Gasteiger partial charge in [0.15, 0.2) is 0 Å². The van der Waals surface area contributed by atoms with Gasteiger partial charge in [-0.05, 0) is 20.3 Å². The first-order valence-electron chi connectivity index (χ1n) is 6.67. The van der Waals surface area contributed by atoms with E-state index in [9.17, 15) is 9.59 Å². The lowest BCUT2D eigenvalue weighted by atomic mass is 10.0. The van der Waals surface area contributed by atoms with Crippen molar-refractivity contribution in [3.8, 4) is 0 Å². The van der Waals surface area contributed by atoms with Crippen LogP contribution in [0.15, 0.2) is 6.33 Å². The van der Waals surface area contributed by atoms with Gasteiger partial charge in [-0.25, -0.2) is 9.97 Å². The van der Waals surface area contributed by atoms with Crippen LogP contribution in [0.1, 0.15) is 25.3 Å². The molecule has 1 atom stereocenters. The molecule has 7 heteroatoms. The Hall–Kier alpha value is -2.18.